The molecule has 1 unspecified atom stereocenters. The largest absolute Gasteiger partial charge is 0.492 e. The number of alkyl halides is 3. The fourth-order valence-electron chi connectivity index (χ4n) is 6.62. The zero-order chi connectivity index (χ0) is 42.7. The average molecular weight is 837 g/mol. The molecular weight excluding hydrogens is 803 g/mol. The number of carbonyl (C=O) groups excluding carboxylic acids is 5. The summed E-state index contributed by atoms with van der Waals surface area (Å²) in [6, 6.07) is 7.82. The standard InChI is InChI=1S/C39H33F5N8O8/c1-19-25-13-20(40)14-27(41)33(25)60-32(19)34(39(42,43)44)51-38(57)48-21-15-46-37(47-16-21)45-11-12-58-22-5-7-23(8-6-22)59-18-31(54)49-28-4-2-3-24-26(28)17-52(36(24)56)29-9-10-30(53)50-35(29)55/h2-8,13-16,29,34H,9-12,17-18H2,1H3,(H,49,54)(H,45,46,47)(H2,48,51,57)(H,50,53,55)/t29?,34-/m1/s1. The molecule has 5 aromatic rings. The molecule has 0 aliphatic carbocycles. The number of benzene rings is 3. The quantitative estimate of drug-likeness (QED) is 0.0569. The van der Waals surface area contributed by atoms with Gasteiger partial charge >= 0.3 is 12.2 Å². The van der Waals surface area contributed by atoms with E-state index >= 15 is 0 Å². The summed E-state index contributed by atoms with van der Waals surface area (Å²) < 4.78 is 86.2. The van der Waals surface area contributed by atoms with Gasteiger partial charge in [0.25, 0.3) is 11.8 Å². The first-order valence-corrected chi connectivity index (χ1v) is 18.1. The molecule has 21 heteroatoms. The Morgan fingerprint density at radius 3 is 2.42 bits per heavy atom. The molecule has 2 aliphatic heterocycles. The third kappa shape index (κ3) is 9.03. The molecule has 0 radical (unpaired) electrons. The molecule has 4 heterocycles. The van der Waals surface area contributed by atoms with Crippen LogP contribution in [0.25, 0.3) is 11.0 Å². The number of fused-ring (bicyclic) bond motifs is 2. The van der Waals surface area contributed by atoms with Crippen LogP contribution < -0.4 is 36.1 Å². The van der Waals surface area contributed by atoms with Gasteiger partial charge in [-0.2, -0.15) is 13.2 Å². The summed E-state index contributed by atoms with van der Waals surface area (Å²) in [5.41, 5.74) is 0.476. The number of nitrogens with one attached hydrogen (secondary N) is 5. The van der Waals surface area contributed by atoms with Gasteiger partial charge in [-0.3, -0.25) is 24.5 Å². The third-order valence-corrected chi connectivity index (χ3v) is 9.47. The molecule has 2 aromatic heterocycles. The van der Waals surface area contributed by atoms with Gasteiger partial charge in [-0.05, 0) is 55.8 Å². The molecule has 0 bridgehead atoms. The van der Waals surface area contributed by atoms with Gasteiger partial charge in [-0.25, -0.2) is 23.5 Å². The van der Waals surface area contributed by atoms with Crippen LogP contribution in [0.2, 0.25) is 0 Å². The van der Waals surface area contributed by atoms with E-state index in [9.17, 15) is 45.9 Å². The van der Waals surface area contributed by atoms with Crippen LogP contribution in [-0.4, -0.2) is 76.5 Å². The first-order valence-electron chi connectivity index (χ1n) is 18.1. The maximum Gasteiger partial charge on any atom is 0.416 e. The van der Waals surface area contributed by atoms with Gasteiger partial charge < -0.3 is 40.1 Å². The van der Waals surface area contributed by atoms with Crippen molar-refractivity contribution in [2.24, 2.45) is 0 Å². The molecule has 6 amide bonds. The number of imide groups is 1. The van der Waals surface area contributed by atoms with Crippen molar-refractivity contribution in [2.45, 2.75) is 44.6 Å². The molecule has 2 aliphatic rings. The minimum atomic E-state index is -5.06. The number of ether oxygens (including phenoxy) is 2. The van der Waals surface area contributed by atoms with E-state index in [0.717, 1.165) is 18.5 Å². The van der Waals surface area contributed by atoms with E-state index in [1.165, 1.54) is 11.8 Å². The van der Waals surface area contributed by atoms with E-state index in [1.807, 2.05) is 0 Å². The summed E-state index contributed by atoms with van der Waals surface area (Å²) in [6.07, 6.45) is -2.44. The van der Waals surface area contributed by atoms with E-state index in [0.29, 0.717) is 34.4 Å². The number of rotatable bonds is 13. The second-order valence-electron chi connectivity index (χ2n) is 13.5. The minimum Gasteiger partial charge on any atom is -0.492 e. The van der Waals surface area contributed by atoms with Crippen molar-refractivity contribution in [3.63, 3.8) is 0 Å². The van der Waals surface area contributed by atoms with Crippen molar-refractivity contribution >= 4 is 58.0 Å². The molecule has 3 aromatic carbocycles. The Morgan fingerprint density at radius 1 is 1.00 bits per heavy atom. The smallest absolute Gasteiger partial charge is 0.416 e. The first kappa shape index (κ1) is 40.9. The molecule has 16 nitrogen and oxygen atoms in total. The van der Waals surface area contributed by atoms with Gasteiger partial charge in [0.15, 0.2) is 24.0 Å². The van der Waals surface area contributed by atoms with Gasteiger partial charge in [-0.1, -0.05) is 6.07 Å². The fourth-order valence-corrected chi connectivity index (χ4v) is 6.62. The Bertz CT molecular complexity index is 2480. The Morgan fingerprint density at radius 2 is 1.72 bits per heavy atom. The molecule has 60 heavy (non-hydrogen) atoms. The van der Waals surface area contributed by atoms with Crippen molar-refractivity contribution in [3.05, 3.63) is 101 Å². The van der Waals surface area contributed by atoms with Crippen LogP contribution in [0.15, 0.2) is 71.4 Å². The molecule has 2 atom stereocenters. The van der Waals surface area contributed by atoms with Gasteiger partial charge in [0.05, 0.1) is 24.6 Å². The van der Waals surface area contributed by atoms with Crippen molar-refractivity contribution in [1.29, 1.82) is 0 Å². The molecule has 1 fully saturated rings. The van der Waals surface area contributed by atoms with E-state index in [1.54, 1.807) is 47.8 Å². The number of urea groups is 1. The second kappa shape index (κ2) is 16.9. The maximum absolute atomic E-state index is 14.2. The summed E-state index contributed by atoms with van der Waals surface area (Å²) in [5.74, 6) is -3.83. The van der Waals surface area contributed by atoms with Gasteiger partial charge in [0.1, 0.15) is 35.7 Å². The van der Waals surface area contributed by atoms with Crippen LogP contribution in [0.4, 0.5) is 44.1 Å². The Labute approximate surface area is 335 Å². The number of piperidine rings is 1. The average Bonchev–Trinajstić information content (AvgIpc) is 3.71. The molecule has 0 saturated carbocycles. The number of anilines is 3. The molecule has 5 N–H and O–H groups in total. The zero-order valence-corrected chi connectivity index (χ0v) is 31.2. The Kier molecular flexibility index (Phi) is 11.5. The summed E-state index contributed by atoms with van der Waals surface area (Å²) in [5, 5.41) is 11.6. The lowest BCUT2D eigenvalue weighted by Crippen LogP contribution is -2.52. The number of nitrogens with zero attached hydrogens (tertiary/aromatic N) is 3. The van der Waals surface area contributed by atoms with Crippen molar-refractivity contribution in [3.8, 4) is 11.5 Å². The Hall–Kier alpha value is -7.32. The van der Waals surface area contributed by atoms with Crippen LogP contribution in [-0.2, 0) is 20.9 Å². The predicted molar refractivity (Wildman–Crippen MR) is 201 cm³/mol. The lowest BCUT2D eigenvalue weighted by atomic mass is 10.0. The topological polar surface area (TPSA) is 206 Å². The highest BCUT2D eigenvalue weighted by atomic mass is 19.4. The number of hydrogen-bond donors (Lipinski definition) is 5. The van der Waals surface area contributed by atoms with Crippen LogP contribution in [0.3, 0.4) is 0 Å². The van der Waals surface area contributed by atoms with Crippen molar-refractivity contribution in [1.82, 2.24) is 25.5 Å². The lowest BCUT2D eigenvalue weighted by Gasteiger charge is -2.29. The monoisotopic (exact) mass is 836 g/mol. The molecule has 312 valence electrons. The van der Waals surface area contributed by atoms with Crippen LogP contribution in [0.1, 0.15) is 46.1 Å². The highest BCUT2D eigenvalue weighted by Crippen LogP contribution is 2.39. The number of hydrogen-bond acceptors (Lipinski definition) is 11. The van der Waals surface area contributed by atoms with E-state index < -0.39 is 59.1 Å². The van der Waals surface area contributed by atoms with Crippen LogP contribution in [0.5, 0.6) is 11.5 Å². The molecule has 1 saturated heterocycles. The Balaban J connectivity index is 0.835. The summed E-state index contributed by atoms with van der Waals surface area (Å²) in [4.78, 5) is 71.7. The molecule has 7 rings (SSSR count). The van der Waals surface area contributed by atoms with Gasteiger partial charge in [-0.15, -0.1) is 0 Å². The number of amides is 6. The van der Waals surface area contributed by atoms with Crippen LogP contribution >= 0.6 is 0 Å². The summed E-state index contributed by atoms with van der Waals surface area (Å²) >= 11 is 0. The minimum absolute atomic E-state index is 0.0529. The maximum atomic E-state index is 14.2. The lowest BCUT2D eigenvalue weighted by molar-refractivity contribution is -0.158. The second-order valence-corrected chi connectivity index (χ2v) is 13.5. The molecule has 0 spiro atoms. The normalized spacial score (nSPS) is 15.6. The summed E-state index contributed by atoms with van der Waals surface area (Å²) in [7, 11) is 0. The number of halogens is 5. The van der Waals surface area contributed by atoms with Crippen LogP contribution in [0, 0.1) is 18.6 Å². The van der Waals surface area contributed by atoms with Crippen molar-refractivity contribution in [2.75, 3.05) is 35.7 Å². The van der Waals surface area contributed by atoms with E-state index in [2.05, 4.69) is 31.2 Å². The van der Waals surface area contributed by atoms with Gasteiger partial charge in [0.2, 0.25) is 17.8 Å². The number of aromatic nitrogens is 2. The number of carbonyl (C=O) groups is 5. The SMILES string of the molecule is Cc1c([C@@H](NC(=O)Nc2cnc(NCCOc3ccc(OCC(=O)Nc4cccc5c4CN(C4CCC(=O)NC4=O)C5=O)cc3)nc2)C(F)(F)F)oc2c(F)cc(F)cc12. The fraction of sp³-hybridized carbons (Fsp3) is 0.256. The van der Waals surface area contributed by atoms with E-state index in [4.69, 9.17) is 13.9 Å². The van der Waals surface area contributed by atoms with Crippen molar-refractivity contribution < 1.29 is 59.8 Å². The number of furan rings is 1. The highest BCUT2D eigenvalue weighted by molar-refractivity contribution is 6.07. The highest BCUT2D eigenvalue weighted by Gasteiger charge is 2.46. The van der Waals surface area contributed by atoms with E-state index in [-0.39, 0.29) is 73.5 Å². The zero-order valence-electron chi connectivity index (χ0n) is 31.2. The number of aryl methyl sites for hydroxylation is 1. The predicted octanol–water partition coefficient (Wildman–Crippen LogP) is 5.50. The third-order valence-electron chi connectivity index (χ3n) is 9.47. The summed E-state index contributed by atoms with van der Waals surface area (Å²) in [6.45, 7) is 1.30. The molecular formula is C39H33F5N8O8. The van der Waals surface area contributed by atoms with Gasteiger partial charge in [0, 0.05) is 46.8 Å². The first-order chi connectivity index (χ1) is 28.6.